The molecule has 0 aliphatic heterocycles. The Morgan fingerprint density at radius 3 is 2.36 bits per heavy atom. The molecule has 4 nitrogen and oxygen atoms in total. The highest BCUT2D eigenvalue weighted by atomic mass is 16.5. The molecular weight excluding hydrogens is 412 g/mol. The van der Waals surface area contributed by atoms with Crippen molar-refractivity contribution in [3.05, 3.63) is 42.0 Å². The Morgan fingerprint density at radius 2 is 1.73 bits per heavy atom. The fourth-order valence-corrected chi connectivity index (χ4v) is 7.73. The van der Waals surface area contributed by atoms with Crippen LogP contribution in [0.1, 0.15) is 65.4 Å². The van der Waals surface area contributed by atoms with E-state index in [1.54, 1.807) is 7.11 Å². The number of methoxy groups -OCH3 is 2. The van der Waals surface area contributed by atoms with Crippen LogP contribution in [0.4, 0.5) is 0 Å². The topological polar surface area (TPSA) is 47.9 Å². The van der Waals surface area contributed by atoms with Gasteiger partial charge < -0.3 is 19.3 Å². The Bertz CT molecular complexity index is 831. The second-order valence-corrected chi connectivity index (χ2v) is 12.0. The standard InChI is InChI=1S/C29H44O4/c1-18-14-22-23(15-19(2)26(22)32-7)27(33-17-20-8-10-21(31-6)11-9-20)29(5)13-12-28(3,4)25(29)16-24(18)30/h8-11,19,22-27,30H,1,12-17H2,2-7H3/t19-,22+,23+,24+,25+,26+,27+,29-/m1/s1. The van der Waals surface area contributed by atoms with Crippen LogP contribution in [0.5, 0.6) is 5.75 Å². The van der Waals surface area contributed by atoms with Crippen molar-refractivity contribution < 1.29 is 19.3 Å². The summed E-state index contributed by atoms with van der Waals surface area (Å²) in [6, 6.07) is 8.22. The summed E-state index contributed by atoms with van der Waals surface area (Å²) in [6.45, 7) is 14.5. The summed E-state index contributed by atoms with van der Waals surface area (Å²) in [5, 5.41) is 11.2. The summed E-state index contributed by atoms with van der Waals surface area (Å²) >= 11 is 0. The van der Waals surface area contributed by atoms with Crippen molar-refractivity contribution in [1.29, 1.82) is 0 Å². The lowest BCUT2D eigenvalue weighted by molar-refractivity contribution is -0.116. The first-order valence-corrected chi connectivity index (χ1v) is 12.7. The number of hydrogen-bond acceptors (Lipinski definition) is 4. The summed E-state index contributed by atoms with van der Waals surface area (Å²) in [5.41, 5.74) is 2.32. The molecule has 0 spiro atoms. The van der Waals surface area contributed by atoms with Crippen molar-refractivity contribution in [1.82, 2.24) is 0 Å². The predicted octanol–water partition coefficient (Wildman–Crippen LogP) is 6.02. The maximum atomic E-state index is 11.2. The Kier molecular flexibility index (Phi) is 7.02. The molecule has 0 unspecified atom stereocenters. The van der Waals surface area contributed by atoms with Gasteiger partial charge in [-0.2, -0.15) is 0 Å². The average Bonchev–Trinajstić information content (AvgIpc) is 3.22. The molecule has 184 valence electrons. The third kappa shape index (κ3) is 4.51. The van der Waals surface area contributed by atoms with Crippen molar-refractivity contribution in [3.63, 3.8) is 0 Å². The van der Waals surface area contributed by atoms with Gasteiger partial charge in [-0.3, -0.25) is 0 Å². The number of aliphatic hydroxyl groups is 1. The van der Waals surface area contributed by atoms with E-state index >= 15 is 0 Å². The Balaban J connectivity index is 1.71. The van der Waals surface area contributed by atoms with Crippen LogP contribution in [0.3, 0.4) is 0 Å². The predicted molar refractivity (Wildman–Crippen MR) is 132 cm³/mol. The number of fused-ring (bicyclic) bond motifs is 2. The van der Waals surface area contributed by atoms with Gasteiger partial charge in [-0.1, -0.05) is 46.4 Å². The minimum atomic E-state index is -0.457. The van der Waals surface area contributed by atoms with Crippen molar-refractivity contribution in [2.45, 2.75) is 84.7 Å². The molecule has 0 amide bonds. The van der Waals surface area contributed by atoms with E-state index in [4.69, 9.17) is 14.2 Å². The number of aliphatic hydroxyl groups excluding tert-OH is 1. The molecule has 0 radical (unpaired) electrons. The van der Waals surface area contributed by atoms with Gasteiger partial charge in [-0.05, 0) is 89.9 Å². The Labute approximate surface area is 200 Å². The fraction of sp³-hybridized carbons (Fsp3) is 0.724. The van der Waals surface area contributed by atoms with E-state index in [0.717, 1.165) is 43.4 Å². The van der Waals surface area contributed by atoms with Gasteiger partial charge >= 0.3 is 0 Å². The zero-order valence-electron chi connectivity index (χ0n) is 21.5. The summed E-state index contributed by atoms with van der Waals surface area (Å²) in [4.78, 5) is 0. The highest BCUT2D eigenvalue weighted by Gasteiger charge is 2.59. The van der Waals surface area contributed by atoms with E-state index in [-0.39, 0.29) is 23.0 Å². The van der Waals surface area contributed by atoms with E-state index in [9.17, 15) is 5.11 Å². The molecule has 33 heavy (non-hydrogen) atoms. The zero-order valence-corrected chi connectivity index (χ0v) is 21.5. The summed E-state index contributed by atoms with van der Waals surface area (Å²) < 4.78 is 18.3. The van der Waals surface area contributed by atoms with E-state index < -0.39 is 6.10 Å². The molecule has 1 N–H and O–H groups in total. The maximum absolute atomic E-state index is 11.2. The molecule has 4 heteroatoms. The highest BCUT2D eigenvalue weighted by Crippen LogP contribution is 2.62. The molecule has 0 aromatic heterocycles. The van der Waals surface area contributed by atoms with Crippen LogP contribution < -0.4 is 4.74 Å². The smallest absolute Gasteiger partial charge is 0.118 e. The number of ether oxygens (including phenoxy) is 3. The van der Waals surface area contributed by atoms with E-state index in [1.807, 2.05) is 19.2 Å². The van der Waals surface area contributed by atoms with Gasteiger partial charge in [-0.25, -0.2) is 0 Å². The van der Waals surface area contributed by atoms with Gasteiger partial charge in [0.25, 0.3) is 0 Å². The lowest BCUT2D eigenvalue weighted by Crippen LogP contribution is -2.46. The van der Waals surface area contributed by atoms with Crippen molar-refractivity contribution >= 4 is 0 Å². The van der Waals surface area contributed by atoms with Crippen LogP contribution in [-0.2, 0) is 16.1 Å². The van der Waals surface area contributed by atoms with Crippen LogP contribution in [-0.4, -0.2) is 37.6 Å². The zero-order chi connectivity index (χ0) is 24.0. The Morgan fingerprint density at radius 1 is 1.03 bits per heavy atom. The quantitative estimate of drug-likeness (QED) is 0.550. The second-order valence-electron chi connectivity index (χ2n) is 12.0. The first-order chi connectivity index (χ1) is 15.6. The van der Waals surface area contributed by atoms with Crippen LogP contribution in [0, 0.1) is 34.5 Å². The largest absolute Gasteiger partial charge is 0.497 e. The molecule has 0 saturated heterocycles. The lowest BCUT2D eigenvalue weighted by atomic mass is 9.63. The molecule has 1 aromatic rings. The minimum Gasteiger partial charge on any atom is -0.497 e. The number of rotatable bonds is 5. The molecule has 3 aliphatic carbocycles. The van der Waals surface area contributed by atoms with Gasteiger partial charge in [0.1, 0.15) is 5.75 Å². The van der Waals surface area contributed by atoms with E-state index in [1.165, 1.54) is 5.56 Å². The van der Waals surface area contributed by atoms with Crippen molar-refractivity contribution in [3.8, 4) is 5.75 Å². The fourth-order valence-electron chi connectivity index (χ4n) is 7.73. The molecule has 8 atom stereocenters. The van der Waals surface area contributed by atoms with E-state index in [0.29, 0.717) is 30.3 Å². The molecule has 1 aromatic carbocycles. The summed E-state index contributed by atoms with van der Waals surface area (Å²) in [5.74, 6) is 2.44. The molecule has 0 heterocycles. The lowest BCUT2D eigenvalue weighted by Gasteiger charge is -2.46. The molecule has 0 bridgehead atoms. The first-order valence-electron chi connectivity index (χ1n) is 12.7. The summed E-state index contributed by atoms with van der Waals surface area (Å²) in [6.07, 6.45) is 4.84. The van der Waals surface area contributed by atoms with Crippen LogP contribution in [0.25, 0.3) is 0 Å². The number of benzene rings is 1. The molecule has 3 aliphatic rings. The Hall–Kier alpha value is -1.36. The van der Waals surface area contributed by atoms with Crippen LogP contribution in [0.2, 0.25) is 0 Å². The van der Waals surface area contributed by atoms with Gasteiger partial charge in [0.05, 0.1) is 32.0 Å². The average molecular weight is 457 g/mol. The van der Waals surface area contributed by atoms with Gasteiger partial charge in [0.15, 0.2) is 0 Å². The van der Waals surface area contributed by atoms with Crippen LogP contribution >= 0.6 is 0 Å². The highest BCUT2D eigenvalue weighted by molar-refractivity contribution is 5.26. The minimum absolute atomic E-state index is 0.00678. The molecule has 3 fully saturated rings. The number of hydrogen-bond donors (Lipinski definition) is 1. The first kappa shape index (κ1) is 24.8. The van der Waals surface area contributed by atoms with Crippen molar-refractivity contribution in [2.24, 2.45) is 34.5 Å². The van der Waals surface area contributed by atoms with Crippen molar-refractivity contribution in [2.75, 3.05) is 14.2 Å². The maximum Gasteiger partial charge on any atom is 0.118 e. The third-order valence-electron chi connectivity index (χ3n) is 9.55. The molecule has 4 rings (SSSR count). The van der Waals surface area contributed by atoms with Gasteiger partial charge in [0.2, 0.25) is 0 Å². The molecular formula is C29H44O4. The van der Waals surface area contributed by atoms with E-state index in [2.05, 4.69) is 46.4 Å². The third-order valence-corrected chi connectivity index (χ3v) is 9.55. The second kappa shape index (κ2) is 9.36. The monoisotopic (exact) mass is 456 g/mol. The molecule has 3 saturated carbocycles. The van der Waals surface area contributed by atoms with Crippen LogP contribution in [0.15, 0.2) is 36.4 Å². The summed E-state index contributed by atoms with van der Waals surface area (Å²) in [7, 11) is 3.54. The van der Waals surface area contributed by atoms with Gasteiger partial charge in [-0.15, -0.1) is 0 Å². The van der Waals surface area contributed by atoms with Gasteiger partial charge in [0, 0.05) is 7.11 Å². The normalized spacial score (nSPS) is 40.5. The SMILES string of the molecule is C=C1C[C@H]2[C@H](C[C@@H](C)[C@@H]2OC)[C@H](OCc2ccc(OC)cc2)[C@]2(C)CCC(C)(C)[C@@H]2C[C@@H]1O.